The number of carbonyl (C=O) groups excluding carboxylic acids is 1. The van der Waals surface area contributed by atoms with Crippen LogP contribution in [0, 0.1) is 6.92 Å². The zero-order valence-electron chi connectivity index (χ0n) is 22.4. The molecule has 1 saturated heterocycles. The second kappa shape index (κ2) is 10.8. The molecule has 2 aliphatic rings. The van der Waals surface area contributed by atoms with Crippen LogP contribution in [0.2, 0.25) is 0 Å². The first kappa shape index (κ1) is 25.7. The Hall–Kier alpha value is -3.95. The van der Waals surface area contributed by atoms with Gasteiger partial charge in [-0.2, -0.15) is 4.98 Å². The summed E-state index contributed by atoms with van der Waals surface area (Å²) in [7, 11) is 4.78. The van der Waals surface area contributed by atoms with Crippen LogP contribution in [0.15, 0.2) is 30.3 Å². The lowest BCUT2D eigenvalue weighted by Gasteiger charge is -2.49. The SMILES string of the molecule is COc1cc2nc(N3CCN(C(=O)COc4c(C)cccc4OC)[C@@H]4CCCC[C@@H]43)nc(N)c2cc1OC. The largest absolute Gasteiger partial charge is 0.493 e. The van der Waals surface area contributed by atoms with Crippen LogP contribution < -0.4 is 29.6 Å². The van der Waals surface area contributed by atoms with E-state index in [0.29, 0.717) is 58.8 Å². The number of hydrogen-bond acceptors (Lipinski definition) is 9. The number of nitrogens with zero attached hydrogens (tertiary/aromatic N) is 4. The topological polar surface area (TPSA) is 112 Å². The number of piperazine rings is 1. The van der Waals surface area contributed by atoms with E-state index >= 15 is 0 Å². The van der Waals surface area contributed by atoms with Gasteiger partial charge in [0.1, 0.15) is 5.82 Å². The van der Waals surface area contributed by atoms with Gasteiger partial charge in [0.25, 0.3) is 5.91 Å². The summed E-state index contributed by atoms with van der Waals surface area (Å²) in [6.07, 6.45) is 4.04. The van der Waals surface area contributed by atoms with Crippen molar-refractivity contribution in [3.8, 4) is 23.0 Å². The van der Waals surface area contributed by atoms with E-state index in [2.05, 4.69) is 9.88 Å². The summed E-state index contributed by atoms with van der Waals surface area (Å²) < 4.78 is 22.3. The normalized spacial score (nSPS) is 19.2. The van der Waals surface area contributed by atoms with Crippen molar-refractivity contribution in [3.05, 3.63) is 35.9 Å². The number of ether oxygens (including phenoxy) is 4. The molecule has 0 unspecified atom stereocenters. The molecule has 0 spiro atoms. The predicted molar refractivity (Wildman–Crippen MR) is 145 cm³/mol. The maximum Gasteiger partial charge on any atom is 0.260 e. The lowest BCUT2D eigenvalue weighted by atomic mass is 9.86. The van der Waals surface area contributed by atoms with Crippen molar-refractivity contribution in [1.82, 2.24) is 14.9 Å². The maximum atomic E-state index is 13.4. The van der Waals surface area contributed by atoms with E-state index in [9.17, 15) is 4.79 Å². The summed E-state index contributed by atoms with van der Waals surface area (Å²) in [6, 6.07) is 9.47. The quantitative estimate of drug-likeness (QED) is 0.498. The van der Waals surface area contributed by atoms with E-state index in [1.54, 1.807) is 27.4 Å². The van der Waals surface area contributed by atoms with Gasteiger partial charge in [0, 0.05) is 24.5 Å². The zero-order valence-corrected chi connectivity index (χ0v) is 22.4. The van der Waals surface area contributed by atoms with Crippen molar-refractivity contribution < 1.29 is 23.7 Å². The van der Waals surface area contributed by atoms with Crippen LogP contribution in [0.25, 0.3) is 10.9 Å². The number of rotatable bonds is 7. The van der Waals surface area contributed by atoms with E-state index in [0.717, 1.165) is 31.2 Å². The number of nitrogens with two attached hydrogens (primary N) is 1. The average Bonchev–Trinajstić information content (AvgIpc) is 2.94. The maximum absolute atomic E-state index is 13.4. The van der Waals surface area contributed by atoms with Crippen LogP contribution in [0.3, 0.4) is 0 Å². The Bertz CT molecular complexity index is 1330. The molecule has 5 rings (SSSR count). The average molecular weight is 522 g/mol. The van der Waals surface area contributed by atoms with Gasteiger partial charge < -0.3 is 34.5 Å². The molecule has 1 aromatic heterocycles. The van der Waals surface area contributed by atoms with Gasteiger partial charge in [-0.15, -0.1) is 0 Å². The molecule has 2 fully saturated rings. The number of anilines is 2. The molecular weight excluding hydrogens is 486 g/mol. The Morgan fingerprint density at radius 1 is 0.974 bits per heavy atom. The van der Waals surface area contributed by atoms with Gasteiger partial charge in [-0.1, -0.05) is 25.0 Å². The van der Waals surface area contributed by atoms with E-state index in [1.165, 1.54) is 0 Å². The number of para-hydroxylation sites is 1. The van der Waals surface area contributed by atoms with Crippen LogP contribution in [-0.4, -0.2) is 73.9 Å². The zero-order chi connectivity index (χ0) is 26.8. The minimum Gasteiger partial charge on any atom is -0.493 e. The van der Waals surface area contributed by atoms with Crippen molar-refractivity contribution >= 4 is 28.6 Å². The number of fused-ring (bicyclic) bond motifs is 2. The Labute approximate surface area is 222 Å². The lowest BCUT2D eigenvalue weighted by Crippen LogP contribution is -2.63. The summed E-state index contributed by atoms with van der Waals surface area (Å²) >= 11 is 0. The van der Waals surface area contributed by atoms with Crippen molar-refractivity contribution in [2.75, 3.05) is 51.7 Å². The van der Waals surface area contributed by atoms with Gasteiger partial charge in [0.15, 0.2) is 29.6 Å². The van der Waals surface area contributed by atoms with Crippen molar-refractivity contribution in [2.45, 2.75) is 44.7 Å². The number of methoxy groups -OCH3 is 3. The highest BCUT2D eigenvalue weighted by molar-refractivity contribution is 5.91. The first-order valence-corrected chi connectivity index (χ1v) is 13.0. The molecule has 202 valence electrons. The van der Waals surface area contributed by atoms with Crippen LogP contribution in [0.4, 0.5) is 11.8 Å². The van der Waals surface area contributed by atoms with Crippen LogP contribution >= 0.6 is 0 Å². The van der Waals surface area contributed by atoms with Crippen LogP contribution in [-0.2, 0) is 4.79 Å². The second-order valence-corrected chi connectivity index (χ2v) is 9.73. The van der Waals surface area contributed by atoms with Crippen LogP contribution in [0.5, 0.6) is 23.0 Å². The number of aryl methyl sites for hydroxylation is 1. The van der Waals surface area contributed by atoms with E-state index in [4.69, 9.17) is 29.7 Å². The van der Waals surface area contributed by atoms with E-state index in [1.807, 2.05) is 36.1 Å². The Morgan fingerprint density at radius 2 is 1.68 bits per heavy atom. The lowest BCUT2D eigenvalue weighted by molar-refractivity contribution is -0.137. The summed E-state index contributed by atoms with van der Waals surface area (Å²) in [4.78, 5) is 27.1. The molecule has 10 nitrogen and oxygen atoms in total. The number of carbonyl (C=O) groups is 1. The first-order chi connectivity index (χ1) is 18.4. The highest BCUT2D eigenvalue weighted by Crippen LogP contribution is 2.37. The van der Waals surface area contributed by atoms with Crippen molar-refractivity contribution in [1.29, 1.82) is 0 Å². The van der Waals surface area contributed by atoms with E-state index < -0.39 is 0 Å². The molecule has 2 aromatic carbocycles. The summed E-state index contributed by atoms with van der Waals surface area (Å²) in [5.74, 6) is 3.33. The minimum atomic E-state index is -0.0362. The molecule has 1 aliphatic carbocycles. The summed E-state index contributed by atoms with van der Waals surface area (Å²) in [5, 5.41) is 0.712. The molecule has 0 radical (unpaired) electrons. The second-order valence-electron chi connectivity index (χ2n) is 9.73. The number of hydrogen-bond donors (Lipinski definition) is 1. The minimum absolute atomic E-state index is 0.0253. The fraction of sp³-hybridized carbons (Fsp3) is 0.464. The molecule has 3 aromatic rings. The predicted octanol–water partition coefficient (Wildman–Crippen LogP) is 3.59. The fourth-order valence-corrected chi connectivity index (χ4v) is 5.71. The molecule has 1 aliphatic heterocycles. The number of amides is 1. The molecule has 10 heteroatoms. The summed E-state index contributed by atoms with van der Waals surface area (Å²) in [6.45, 7) is 3.07. The highest BCUT2D eigenvalue weighted by atomic mass is 16.5. The molecule has 38 heavy (non-hydrogen) atoms. The van der Waals surface area contributed by atoms with Gasteiger partial charge >= 0.3 is 0 Å². The molecule has 0 bridgehead atoms. The third-order valence-electron chi connectivity index (χ3n) is 7.61. The fourth-order valence-electron chi connectivity index (χ4n) is 5.71. The van der Waals surface area contributed by atoms with Gasteiger partial charge in [-0.25, -0.2) is 4.98 Å². The molecule has 2 heterocycles. The van der Waals surface area contributed by atoms with Crippen LogP contribution in [0.1, 0.15) is 31.2 Å². The van der Waals surface area contributed by atoms with Gasteiger partial charge in [-0.05, 0) is 37.5 Å². The third kappa shape index (κ3) is 4.70. The highest BCUT2D eigenvalue weighted by Gasteiger charge is 2.41. The Morgan fingerprint density at radius 3 is 2.42 bits per heavy atom. The first-order valence-electron chi connectivity index (χ1n) is 13.0. The smallest absolute Gasteiger partial charge is 0.260 e. The van der Waals surface area contributed by atoms with Gasteiger partial charge in [0.2, 0.25) is 5.95 Å². The monoisotopic (exact) mass is 521 g/mol. The Kier molecular flexibility index (Phi) is 7.31. The molecule has 2 atom stereocenters. The standard InChI is InChI=1S/C28H35N5O5/c1-17-8-7-11-22(35-2)26(17)38-16-25(34)32-12-13-33(21-10-6-5-9-20(21)32)28-30-19-15-24(37-4)23(36-3)14-18(19)27(29)31-28/h7-8,11,14-15,20-21H,5-6,9-10,12-13,16H2,1-4H3,(H2,29,30,31)/t20-,21+/m1/s1. The van der Waals surface area contributed by atoms with Crippen molar-refractivity contribution in [2.24, 2.45) is 0 Å². The molecule has 2 N–H and O–H groups in total. The third-order valence-corrected chi connectivity index (χ3v) is 7.61. The number of aromatic nitrogens is 2. The van der Waals surface area contributed by atoms with Crippen molar-refractivity contribution in [3.63, 3.8) is 0 Å². The van der Waals surface area contributed by atoms with Gasteiger partial charge in [0.05, 0.1) is 38.9 Å². The van der Waals surface area contributed by atoms with E-state index in [-0.39, 0.29) is 24.6 Å². The molecular formula is C28H35N5O5. The number of benzene rings is 2. The molecule has 1 saturated carbocycles. The Balaban J connectivity index is 1.38. The molecule has 1 amide bonds. The summed E-state index contributed by atoms with van der Waals surface area (Å²) in [5.41, 5.74) is 8.01. The van der Waals surface area contributed by atoms with Gasteiger partial charge in [-0.3, -0.25) is 4.79 Å². The number of nitrogen functional groups attached to an aromatic ring is 1.